The predicted octanol–water partition coefficient (Wildman–Crippen LogP) is 0.950. The molecule has 0 amide bonds. The van der Waals surface area contributed by atoms with Gasteiger partial charge in [-0.1, -0.05) is 0 Å². The van der Waals surface area contributed by atoms with Crippen molar-refractivity contribution in [3.8, 4) is 0 Å². The summed E-state index contributed by atoms with van der Waals surface area (Å²) in [6.07, 6.45) is -3.87. The van der Waals surface area contributed by atoms with E-state index in [1.165, 1.54) is 18.5 Å². The van der Waals surface area contributed by atoms with Crippen LogP contribution >= 0.6 is 0 Å². The summed E-state index contributed by atoms with van der Waals surface area (Å²) < 4.78 is 63.5. The zero-order valence-corrected chi connectivity index (χ0v) is 12.9. The number of aromatic nitrogens is 2. The van der Waals surface area contributed by atoms with Gasteiger partial charge >= 0.3 is 6.18 Å². The highest BCUT2D eigenvalue weighted by Gasteiger charge is 2.32. The molecule has 0 spiro atoms. The second-order valence-corrected chi connectivity index (χ2v) is 6.32. The number of nitrogens with one attached hydrogen (secondary N) is 2. The Hall–Kier alpha value is -1.13. The Morgan fingerprint density at radius 1 is 1.29 bits per heavy atom. The summed E-state index contributed by atoms with van der Waals surface area (Å²) in [5.74, 6) is 0. The van der Waals surface area contributed by atoms with Crippen LogP contribution < -0.4 is 10.0 Å². The third-order valence-corrected chi connectivity index (χ3v) is 4.50. The molecule has 0 aromatic carbocycles. The van der Waals surface area contributed by atoms with Gasteiger partial charge in [-0.25, -0.2) is 13.1 Å². The minimum Gasteiger partial charge on any atom is -0.320 e. The van der Waals surface area contributed by atoms with Crippen LogP contribution in [0.15, 0.2) is 4.90 Å². The van der Waals surface area contributed by atoms with Crippen molar-refractivity contribution in [1.29, 1.82) is 0 Å². The van der Waals surface area contributed by atoms with Gasteiger partial charge in [-0.15, -0.1) is 0 Å². The maximum absolute atomic E-state index is 12.2. The summed E-state index contributed by atoms with van der Waals surface area (Å²) in [5.41, 5.74) is 0.518. The molecule has 0 aliphatic carbocycles. The quantitative estimate of drug-likeness (QED) is 0.731. The largest absolute Gasteiger partial charge is 0.402 e. The molecular formula is C11H19F3N4O2S. The average Bonchev–Trinajstić information content (AvgIpc) is 2.62. The number of nitrogens with zero attached hydrogens (tertiary/aromatic N) is 2. The topological polar surface area (TPSA) is 76.0 Å². The number of halogens is 3. The molecule has 0 fully saturated rings. The number of hydrogen-bond acceptors (Lipinski definition) is 4. The molecule has 10 heteroatoms. The van der Waals surface area contributed by atoms with Crippen molar-refractivity contribution >= 4 is 10.0 Å². The minimum absolute atomic E-state index is 0.184. The van der Waals surface area contributed by atoms with Crippen LogP contribution in [0.5, 0.6) is 0 Å². The van der Waals surface area contributed by atoms with E-state index in [0.29, 0.717) is 12.2 Å². The first-order chi connectivity index (χ1) is 9.58. The Morgan fingerprint density at radius 2 is 1.90 bits per heavy atom. The van der Waals surface area contributed by atoms with Gasteiger partial charge in [0.25, 0.3) is 0 Å². The fraction of sp³-hybridized carbons (Fsp3) is 0.727. The summed E-state index contributed by atoms with van der Waals surface area (Å²) in [6.45, 7) is 2.61. The lowest BCUT2D eigenvalue weighted by molar-refractivity contribution is -0.121. The highest BCUT2D eigenvalue weighted by atomic mass is 32.2. The van der Waals surface area contributed by atoms with Crippen LogP contribution in [0, 0.1) is 13.8 Å². The van der Waals surface area contributed by atoms with E-state index in [-0.39, 0.29) is 10.6 Å². The summed E-state index contributed by atoms with van der Waals surface area (Å²) in [6, 6.07) is 0. The highest BCUT2D eigenvalue weighted by Crippen LogP contribution is 2.21. The smallest absolute Gasteiger partial charge is 0.320 e. The number of rotatable bonds is 7. The van der Waals surface area contributed by atoms with Crippen molar-refractivity contribution in [2.24, 2.45) is 0 Å². The third-order valence-electron chi connectivity index (χ3n) is 2.84. The molecule has 0 saturated carbocycles. The molecular weight excluding hydrogens is 309 g/mol. The Labute approximate surface area is 121 Å². The van der Waals surface area contributed by atoms with Crippen molar-refractivity contribution in [2.45, 2.75) is 37.9 Å². The zero-order chi connectivity index (χ0) is 16.3. The standard InChI is InChI=1S/C11H19F3N4O2S/c1-8-10(21(19,20)16-7-11(12,13)14)9(2)18(17-8)6-4-5-15-3/h15-16H,4-7H2,1-3H3. The maximum atomic E-state index is 12.2. The number of sulfonamides is 1. The van der Waals surface area contributed by atoms with E-state index in [1.54, 1.807) is 11.8 Å². The molecule has 1 aromatic heterocycles. The molecule has 1 heterocycles. The number of aryl methyl sites for hydroxylation is 2. The van der Waals surface area contributed by atoms with Crippen LogP contribution in [-0.4, -0.2) is 44.5 Å². The van der Waals surface area contributed by atoms with Gasteiger partial charge in [0, 0.05) is 6.54 Å². The number of alkyl halides is 3. The zero-order valence-electron chi connectivity index (χ0n) is 12.1. The summed E-state index contributed by atoms with van der Waals surface area (Å²) in [5, 5.41) is 7.03. The van der Waals surface area contributed by atoms with Gasteiger partial charge in [-0.2, -0.15) is 18.3 Å². The SMILES string of the molecule is CNCCCn1nc(C)c(S(=O)(=O)NCC(F)(F)F)c1C. The molecule has 2 N–H and O–H groups in total. The van der Waals surface area contributed by atoms with Gasteiger partial charge < -0.3 is 5.32 Å². The average molecular weight is 328 g/mol. The molecule has 0 unspecified atom stereocenters. The van der Waals surface area contributed by atoms with Crippen molar-refractivity contribution in [3.63, 3.8) is 0 Å². The van der Waals surface area contributed by atoms with Crippen LogP contribution in [0.2, 0.25) is 0 Å². The first kappa shape index (κ1) is 17.9. The first-order valence-corrected chi connectivity index (χ1v) is 7.82. The van der Waals surface area contributed by atoms with E-state index in [1.807, 2.05) is 0 Å². The van der Waals surface area contributed by atoms with Crippen molar-refractivity contribution in [2.75, 3.05) is 20.1 Å². The molecule has 0 saturated heterocycles. The summed E-state index contributed by atoms with van der Waals surface area (Å²) >= 11 is 0. The van der Waals surface area contributed by atoms with E-state index in [4.69, 9.17) is 0 Å². The Morgan fingerprint density at radius 3 is 2.43 bits per heavy atom. The van der Waals surface area contributed by atoms with Crippen LogP contribution in [0.25, 0.3) is 0 Å². The molecule has 0 atom stereocenters. The normalized spacial score (nSPS) is 12.9. The van der Waals surface area contributed by atoms with Crippen LogP contribution in [-0.2, 0) is 16.6 Å². The van der Waals surface area contributed by atoms with E-state index in [2.05, 4.69) is 10.4 Å². The van der Waals surface area contributed by atoms with E-state index < -0.39 is 22.7 Å². The van der Waals surface area contributed by atoms with Gasteiger partial charge in [0.1, 0.15) is 11.4 Å². The molecule has 6 nitrogen and oxygen atoms in total. The molecule has 122 valence electrons. The molecule has 0 radical (unpaired) electrons. The minimum atomic E-state index is -4.60. The lowest BCUT2D eigenvalue weighted by Gasteiger charge is -2.10. The van der Waals surface area contributed by atoms with Gasteiger partial charge in [0.15, 0.2) is 0 Å². The lowest BCUT2D eigenvalue weighted by atomic mass is 10.4. The molecule has 0 bridgehead atoms. The predicted molar refractivity (Wildman–Crippen MR) is 71.5 cm³/mol. The number of hydrogen-bond donors (Lipinski definition) is 2. The Kier molecular flexibility index (Phi) is 5.76. The van der Waals surface area contributed by atoms with Crippen LogP contribution in [0.1, 0.15) is 17.8 Å². The second kappa shape index (κ2) is 6.75. The van der Waals surface area contributed by atoms with E-state index in [0.717, 1.165) is 13.0 Å². The van der Waals surface area contributed by atoms with Crippen molar-refractivity contribution in [3.05, 3.63) is 11.4 Å². The van der Waals surface area contributed by atoms with Gasteiger partial charge in [0.05, 0.1) is 11.4 Å². The monoisotopic (exact) mass is 328 g/mol. The first-order valence-electron chi connectivity index (χ1n) is 6.33. The lowest BCUT2D eigenvalue weighted by Crippen LogP contribution is -2.34. The molecule has 21 heavy (non-hydrogen) atoms. The Bertz CT molecular complexity index is 581. The molecule has 1 rings (SSSR count). The fourth-order valence-corrected chi connectivity index (χ4v) is 3.36. The third kappa shape index (κ3) is 4.97. The van der Waals surface area contributed by atoms with E-state index >= 15 is 0 Å². The van der Waals surface area contributed by atoms with Crippen LogP contribution in [0.4, 0.5) is 13.2 Å². The highest BCUT2D eigenvalue weighted by molar-refractivity contribution is 7.89. The van der Waals surface area contributed by atoms with Crippen molar-refractivity contribution in [1.82, 2.24) is 19.8 Å². The molecule has 0 aliphatic heterocycles. The van der Waals surface area contributed by atoms with Gasteiger partial charge in [-0.05, 0) is 33.9 Å². The molecule has 0 aliphatic rings. The second-order valence-electron chi connectivity index (χ2n) is 4.62. The van der Waals surface area contributed by atoms with Gasteiger partial charge in [0.2, 0.25) is 10.0 Å². The van der Waals surface area contributed by atoms with Crippen molar-refractivity contribution < 1.29 is 21.6 Å². The van der Waals surface area contributed by atoms with E-state index in [9.17, 15) is 21.6 Å². The van der Waals surface area contributed by atoms with Crippen LogP contribution in [0.3, 0.4) is 0 Å². The fourth-order valence-electron chi connectivity index (χ4n) is 1.94. The Balaban J connectivity index is 2.96. The van der Waals surface area contributed by atoms with Gasteiger partial charge in [-0.3, -0.25) is 4.68 Å². The summed E-state index contributed by atoms with van der Waals surface area (Å²) in [4.78, 5) is -0.184. The molecule has 1 aromatic rings. The summed E-state index contributed by atoms with van der Waals surface area (Å²) in [7, 11) is -2.44. The maximum Gasteiger partial charge on any atom is 0.402 e.